The highest BCUT2D eigenvalue weighted by atomic mass is 16.5. The van der Waals surface area contributed by atoms with Gasteiger partial charge in [-0.25, -0.2) is 0 Å². The molecule has 0 aliphatic rings. The van der Waals surface area contributed by atoms with Gasteiger partial charge in [-0.3, -0.25) is 0 Å². The maximum absolute atomic E-state index is 6.13. The summed E-state index contributed by atoms with van der Waals surface area (Å²) in [5, 5.41) is 13.1. The van der Waals surface area contributed by atoms with E-state index in [-0.39, 0.29) is 0 Å². The Morgan fingerprint density at radius 2 is 1.31 bits per heavy atom. The first-order chi connectivity index (χ1) is 14.3. The molecule has 0 radical (unpaired) electrons. The third kappa shape index (κ3) is 3.25. The standard InChI is InChI=1S/C25H18N2O2/c1-28-20-13-11-18(12-14-20)24-22-8-4-5-9-23(22)25(27-26-24)29-21-15-10-17-6-2-3-7-19(17)16-21/h2-16H,1H3. The number of hydrogen-bond donors (Lipinski definition) is 0. The van der Waals surface area contributed by atoms with E-state index in [0.29, 0.717) is 5.88 Å². The summed E-state index contributed by atoms with van der Waals surface area (Å²) in [6, 6.07) is 30.1. The second-order valence-corrected chi connectivity index (χ2v) is 6.74. The van der Waals surface area contributed by atoms with Crippen LogP contribution in [0.2, 0.25) is 0 Å². The number of rotatable bonds is 4. The third-order valence-corrected chi connectivity index (χ3v) is 4.95. The molecule has 0 fully saturated rings. The molecular weight excluding hydrogens is 360 g/mol. The fourth-order valence-corrected chi connectivity index (χ4v) is 3.46. The van der Waals surface area contributed by atoms with Crippen LogP contribution in [-0.2, 0) is 0 Å². The van der Waals surface area contributed by atoms with Gasteiger partial charge in [-0.15, -0.1) is 10.2 Å². The van der Waals surface area contributed by atoms with Crippen molar-refractivity contribution in [3.8, 4) is 28.6 Å². The van der Waals surface area contributed by atoms with Crippen molar-refractivity contribution in [1.29, 1.82) is 0 Å². The number of ether oxygens (including phenoxy) is 2. The predicted molar refractivity (Wildman–Crippen MR) is 116 cm³/mol. The van der Waals surface area contributed by atoms with E-state index in [2.05, 4.69) is 22.3 Å². The van der Waals surface area contributed by atoms with Crippen molar-refractivity contribution in [2.24, 2.45) is 0 Å². The smallest absolute Gasteiger partial charge is 0.246 e. The Balaban J connectivity index is 1.58. The van der Waals surface area contributed by atoms with Gasteiger partial charge >= 0.3 is 0 Å². The number of aromatic nitrogens is 2. The molecule has 4 aromatic carbocycles. The number of methoxy groups -OCH3 is 1. The second-order valence-electron chi connectivity index (χ2n) is 6.74. The molecule has 1 aromatic heterocycles. The van der Waals surface area contributed by atoms with Crippen molar-refractivity contribution in [3.05, 3.63) is 91.0 Å². The lowest BCUT2D eigenvalue weighted by Gasteiger charge is -2.11. The van der Waals surface area contributed by atoms with Crippen LogP contribution in [0.4, 0.5) is 0 Å². The Labute approximate surface area is 168 Å². The lowest BCUT2D eigenvalue weighted by atomic mass is 10.0. The Kier molecular flexibility index (Phi) is 4.30. The van der Waals surface area contributed by atoms with E-state index in [9.17, 15) is 0 Å². The third-order valence-electron chi connectivity index (χ3n) is 4.95. The van der Waals surface area contributed by atoms with E-state index in [1.165, 1.54) is 5.39 Å². The van der Waals surface area contributed by atoms with Gasteiger partial charge in [-0.05, 0) is 53.2 Å². The molecule has 5 aromatic rings. The SMILES string of the molecule is COc1ccc(-c2nnc(Oc3ccc4ccccc4c3)c3ccccc23)cc1. The van der Waals surface area contributed by atoms with E-state index >= 15 is 0 Å². The van der Waals surface area contributed by atoms with Crippen molar-refractivity contribution in [1.82, 2.24) is 10.2 Å². The summed E-state index contributed by atoms with van der Waals surface area (Å²) in [5.74, 6) is 2.04. The summed E-state index contributed by atoms with van der Waals surface area (Å²) < 4.78 is 11.4. The minimum absolute atomic E-state index is 0.494. The molecule has 140 valence electrons. The van der Waals surface area contributed by atoms with Crippen LogP contribution < -0.4 is 9.47 Å². The molecule has 0 aliphatic heterocycles. The van der Waals surface area contributed by atoms with Crippen LogP contribution in [0.1, 0.15) is 0 Å². The van der Waals surface area contributed by atoms with Gasteiger partial charge in [0.05, 0.1) is 7.11 Å². The van der Waals surface area contributed by atoms with Gasteiger partial charge in [0.15, 0.2) is 0 Å². The normalized spacial score (nSPS) is 10.9. The monoisotopic (exact) mass is 378 g/mol. The number of benzene rings is 4. The molecule has 1 heterocycles. The lowest BCUT2D eigenvalue weighted by molar-refractivity contribution is 0.415. The largest absolute Gasteiger partial charge is 0.497 e. The van der Waals surface area contributed by atoms with Gasteiger partial charge in [0.1, 0.15) is 17.2 Å². The highest BCUT2D eigenvalue weighted by Crippen LogP contribution is 2.34. The molecule has 0 aliphatic carbocycles. The average Bonchev–Trinajstić information content (AvgIpc) is 2.79. The Bertz CT molecular complexity index is 1310. The summed E-state index contributed by atoms with van der Waals surface area (Å²) >= 11 is 0. The van der Waals surface area contributed by atoms with Gasteiger partial charge < -0.3 is 9.47 Å². The van der Waals surface area contributed by atoms with Gasteiger partial charge in [0, 0.05) is 16.3 Å². The van der Waals surface area contributed by atoms with E-state index in [0.717, 1.165) is 38.9 Å². The summed E-state index contributed by atoms with van der Waals surface area (Å²) in [5.41, 5.74) is 1.79. The van der Waals surface area contributed by atoms with Gasteiger partial charge in [-0.1, -0.05) is 48.5 Å². The number of nitrogens with zero attached hydrogens (tertiary/aromatic N) is 2. The molecule has 0 amide bonds. The van der Waals surface area contributed by atoms with Crippen LogP contribution in [0.5, 0.6) is 17.4 Å². The fraction of sp³-hybridized carbons (Fsp3) is 0.0400. The Hall–Kier alpha value is -3.92. The lowest BCUT2D eigenvalue weighted by Crippen LogP contribution is -1.96. The van der Waals surface area contributed by atoms with E-state index in [1.54, 1.807) is 7.11 Å². The topological polar surface area (TPSA) is 44.2 Å². The van der Waals surface area contributed by atoms with Gasteiger partial charge in [0.25, 0.3) is 0 Å². The first-order valence-electron chi connectivity index (χ1n) is 9.38. The van der Waals surface area contributed by atoms with Crippen molar-refractivity contribution >= 4 is 21.5 Å². The maximum atomic E-state index is 6.13. The molecule has 0 spiro atoms. The van der Waals surface area contributed by atoms with Crippen LogP contribution in [0.15, 0.2) is 91.0 Å². The predicted octanol–water partition coefficient (Wildman–Crippen LogP) is 6.25. The van der Waals surface area contributed by atoms with E-state index in [1.807, 2.05) is 78.9 Å². The average molecular weight is 378 g/mol. The molecule has 29 heavy (non-hydrogen) atoms. The minimum Gasteiger partial charge on any atom is -0.497 e. The van der Waals surface area contributed by atoms with E-state index in [4.69, 9.17) is 9.47 Å². The summed E-state index contributed by atoms with van der Waals surface area (Å²) in [6.45, 7) is 0. The van der Waals surface area contributed by atoms with Crippen molar-refractivity contribution in [2.75, 3.05) is 7.11 Å². The summed E-state index contributed by atoms with van der Waals surface area (Å²) in [6.07, 6.45) is 0. The highest BCUT2D eigenvalue weighted by molar-refractivity contribution is 5.97. The van der Waals surface area contributed by atoms with E-state index < -0.39 is 0 Å². The first-order valence-corrected chi connectivity index (χ1v) is 9.38. The zero-order chi connectivity index (χ0) is 19.6. The van der Waals surface area contributed by atoms with Gasteiger partial charge in [0.2, 0.25) is 5.88 Å². The van der Waals surface area contributed by atoms with Gasteiger partial charge in [-0.2, -0.15) is 0 Å². The molecule has 5 rings (SSSR count). The number of fused-ring (bicyclic) bond motifs is 2. The molecular formula is C25H18N2O2. The first kappa shape index (κ1) is 17.2. The van der Waals surface area contributed by atoms with Crippen molar-refractivity contribution in [3.63, 3.8) is 0 Å². The maximum Gasteiger partial charge on any atom is 0.246 e. The highest BCUT2D eigenvalue weighted by Gasteiger charge is 2.13. The molecule has 0 bridgehead atoms. The molecule has 0 N–H and O–H groups in total. The van der Waals surface area contributed by atoms with Crippen LogP contribution >= 0.6 is 0 Å². The van der Waals surface area contributed by atoms with Crippen LogP contribution in [0.25, 0.3) is 32.8 Å². The Morgan fingerprint density at radius 3 is 2.10 bits per heavy atom. The quantitative estimate of drug-likeness (QED) is 0.371. The zero-order valence-electron chi connectivity index (χ0n) is 15.9. The summed E-state index contributed by atoms with van der Waals surface area (Å²) in [7, 11) is 1.66. The zero-order valence-corrected chi connectivity index (χ0v) is 15.9. The molecule has 0 saturated heterocycles. The van der Waals surface area contributed by atoms with Crippen LogP contribution in [-0.4, -0.2) is 17.3 Å². The van der Waals surface area contributed by atoms with Crippen LogP contribution in [0.3, 0.4) is 0 Å². The fourth-order valence-electron chi connectivity index (χ4n) is 3.46. The molecule has 0 unspecified atom stereocenters. The van der Waals surface area contributed by atoms with Crippen LogP contribution in [0, 0.1) is 0 Å². The number of hydrogen-bond acceptors (Lipinski definition) is 4. The molecule has 4 nitrogen and oxygen atoms in total. The summed E-state index contributed by atoms with van der Waals surface area (Å²) in [4.78, 5) is 0. The Morgan fingerprint density at radius 1 is 0.621 bits per heavy atom. The second kappa shape index (κ2) is 7.24. The molecule has 0 saturated carbocycles. The molecule has 4 heteroatoms. The van der Waals surface area contributed by atoms with Crippen molar-refractivity contribution in [2.45, 2.75) is 0 Å². The minimum atomic E-state index is 0.494. The van der Waals surface area contributed by atoms with Crippen molar-refractivity contribution < 1.29 is 9.47 Å². The molecule has 0 atom stereocenters.